The Morgan fingerprint density at radius 3 is 1.97 bits per heavy atom. The van der Waals surface area contributed by atoms with E-state index in [2.05, 4.69) is 21.9 Å². The van der Waals surface area contributed by atoms with Crippen molar-refractivity contribution in [2.45, 2.75) is 6.92 Å². The molecule has 172 valence electrons. The number of amides is 2. The van der Waals surface area contributed by atoms with Crippen LogP contribution in [0.5, 0.6) is 5.75 Å². The van der Waals surface area contributed by atoms with E-state index in [4.69, 9.17) is 4.74 Å². The van der Waals surface area contributed by atoms with Gasteiger partial charge in [0, 0.05) is 37.4 Å². The van der Waals surface area contributed by atoms with E-state index in [1.165, 1.54) is 4.90 Å². The molecule has 6 heteroatoms. The standard InChI is InChI=1S/C28H27N3O3/c1-20-12-14-22(15-13-20)31-27(32)25(23-10-6-7-11-24(23)34-2)26(28(31)33)30-18-16-29(17-19-30)21-8-4-3-5-9-21/h3-15H,16-19H2,1-2H3. The summed E-state index contributed by atoms with van der Waals surface area (Å²) >= 11 is 0. The van der Waals surface area contributed by atoms with E-state index in [0.29, 0.717) is 41.4 Å². The van der Waals surface area contributed by atoms with Crippen LogP contribution in [-0.2, 0) is 9.59 Å². The van der Waals surface area contributed by atoms with Crippen molar-refractivity contribution in [3.63, 3.8) is 0 Å². The van der Waals surface area contributed by atoms with Gasteiger partial charge in [0.15, 0.2) is 0 Å². The monoisotopic (exact) mass is 453 g/mol. The number of piperazine rings is 1. The number of benzene rings is 3. The minimum absolute atomic E-state index is 0.289. The van der Waals surface area contributed by atoms with Gasteiger partial charge in [-0.1, -0.05) is 54.1 Å². The summed E-state index contributed by atoms with van der Waals surface area (Å²) in [6.45, 7) is 4.79. The summed E-state index contributed by atoms with van der Waals surface area (Å²) in [7, 11) is 1.58. The third kappa shape index (κ3) is 3.81. The Balaban J connectivity index is 1.53. The Bertz CT molecular complexity index is 1240. The van der Waals surface area contributed by atoms with Gasteiger partial charge in [0.25, 0.3) is 11.8 Å². The molecule has 6 nitrogen and oxygen atoms in total. The van der Waals surface area contributed by atoms with Gasteiger partial charge in [-0.2, -0.15) is 0 Å². The SMILES string of the molecule is COc1ccccc1C1=C(N2CCN(c3ccccc3)CC2)C(=O)N(c2ccc(C)cc2)C1=O. The number of para-hydroxylation sites is 2. The van der Waals surface area contributed by atoms with Crippen LogP contribution in [0, 0.1) is 6.92 Å². The van der Waals surface area contributed by atoms with Gasteiger partial charge in [0.05, 0.1) is 18.4 Å². The van der Waals surface area contributed by atoms with Crippen molar-refractivity contribution in [1.82, 2.24) is 4.90 Å². The van der Waals surface area contributed by atoms with Crippen molar-refractivity contribution in [2.75, 3.05) is 43.1 Å². The van der Waals surface area contributed by atoms with Crippen LogP contribution >= 0.6 is 0 Å². The molecule has 0 atom stereocenters. The van der Waals surface area contributed by atoms with Crippen molar-refractivity contribution in [2.24, 2.45) is 0 Å². The fourth-order valence-corrected chi connectivity index (χ4v) is 4.66. The number of imide groups is 1. The quantitative estimate of drug-likeness (QED) is 0.544. The fraction of sp³-hybridized carbons (Fsp3) is 0.214. The number of aryl methyl sites for hydroxylation is 1. The lowest BCUT2D eigenvalue weighted by molar-refractivity contribution is -0.120. The molecule has 0 aromatic heterocycles. The number of methoxy groups -OCH3 is 1. The lowest BCUT2D eigenvalue weighted by Gasteiger charge is -2.37. The fourth-order valence-electron chi connectivity index (χ4n) is 4.66. The highest BCUT2D eigenvalue weighted by atomic mass is 16.5. The smallest absolute Gasteiger partial charge is 0.282 e. The number of carbonyl (C=O) groups is 2. The van der Waals surface area contributed by atoms with Crippen molar-refractivity contribution < 1.29 is 14.3 Å². The number of hydrogen-bond acceptors (Lipinski definition) is 5. The summed E-state index contributed by atoms with van der Waals surface area (Å²) in [5.41, 5.74) is 4.29. The first kappa shape index (κ1) is 21.8. The second-order valence-electron chi connectivity index (χ2n) is 8.51. The molecule has 0 unspecified atom stereocenters. The van der Waals surface area contributed by atoms with E-state index < -0.39 is 0 Å². The molecule has 3 aromatic rings. The van der Waals surface area contributed by atoms with Gasteiger partial charge in [-0.15, -0.1) is 0 Å². The zero-order valence-electron chi connectivity index (χ0n) is 19.4. The maximum absolute atomic E-state index is 13.8. The number of carbonyl (C=O) groups excluding carboxylic acids is 2. The Morgan fingerprint density at radius 1 is 0.676 bits per heavy atom. The van der Waals surface area contributed by atoms with E-state index in [0.717, 1.165) is 24.3 Å². The van der Waals surface area contributed by atoms with Gasteiger partial charge in [0.1, 0.15) is 11.4 Å². The summed E-state index contributed by atoms with van der Waals surface area (Å²) in [4.78, 5) is 33.2. The normalized spacial score (nSPS) is 16.5. The molecule has 2 aliphatic heterocycles. The molecule has 34 heavy (non-hydrogen) atoms. The predicted octanol–water partition coefficient (Wildman–Crippen LogP) is 4.11. The summed E-state index contributed by atoms with van der Waals surface area (Å²) in [5, 5.41) is 0. The third-order valence-corrected chi connectivity index (χ3v) is 6.45. The van der Waals surface area contributed by atoms with Crippen LogP contribution in [0.1, 0.15) is 11.1 Å². The highest BCUT2D eigenvalue weighted by molar-refractivity contribution is 6.45. The number of rotatable bonds is 5. The van der Waals surface area contributed by atoms with Gasteiger partial charge >= 0.3 is 0 Å². The molecular formula is C28H27N3O3. The molecule has 1 fully saturated rings. The second kappa shape index (κ2) is 9.06. The van der Waals surface area contributed by atoms with Crippen molar-refractivity contribution in [1.29, 1.82) is 0 Å². The number of ether oxygens (including phenoxy) is 1. The molecule has 5 rings (SSSR count). The van der Waals surface area contributed by atoms with Crippen LogP contribution in [0.15, 0.2) is 84.6 Å². The van der Waals surface area contributed by atoms with Crippen LogP contribution < -0.4 is 14.5 Å². The molecular weight excluding hydrogens is 426 g/mol. The van der Waals surface area contributed by atoms with E-state index in [1.807, 2.05) is 73.7 Å². The maximum Gasteiger partial charge on any atom is 0.282 e. The lowest BCUT2D eigenvalue weighted by atomic mass is 10.0. The highest BCUT2D eigenvalue weighted by Gasteiger charge is 2.43. The second-order valence-corrected chi connectivity index (χ2v) is 8.51. The summed E-state index contributed by atoms with van der Waals surface area (Å²) in [6.07, 6.45) is 0. The lowest BCUT2D eigenvalue weighted by Crippen LogP contribution is -2.47. The topological polar surface area (TPSA) is 53.1 Å². The average Bonchev–Trinajstić information content (AvgIpc) is 3.14. The van der Waals surface area contributed by atoms with Crippen LogP contribution in [0.4, 0.5) is 11.4 Å². The van der Waals surface area contributed by atoms with Gasteiger partial charge in [-0.3, -0.25) is 9.59 Å². The summed E-state index contributed by atoms with van der Waals surface area (Å²) < 4.78 is 5.57. The van der Waals surface area contributed by atoms with E-state index in [1.54, 1.807) is 7.11 Å². The first-order valence-electron chi connectivity index (χ1n) is 11.5. The van der Waals surface area contributed by atoms with E-state index in [-0.39, 0.29) is 11.8 Å². The molecule has 0 aliphatic carbocycles. The third-order valence-electron chi connectivity index (χ3n) is 6.45. The molecule has 0 radical (unpaired) electrons. The number of anilines is 2. The van der Waals surface area contributed by atoms with Crippen molar-refractivity contribution in [3.05, 3.63) is 95.7 Å². The van der Waals surface area contributed by atoms with Gasteiger partial charge in [-0.25, -0.2) is 4.90 Å². The first-order chi connectivity index (χ1) is 16.6. The largest absolute Gasteiger partial charge is 0.496 e. The van der Waals surface area contributed by atoms with Crippen LogP contribution in [-0.4, -0.2) is 50.0 Å². The molecule has 1 saturated heterocycles. The molecule has 2 amide bonds. The van der Waals surface area contributed by atoms with Gasteiger partial charge < -0.3 is 14.5 Å². The number of nitrogens with zero attached hydrogens (tertiary/aromatic N) is 3. The van der Waals surface area contributed by atoms with Crippen molar-refractivity contribution >= 4 is 28.8 Å². The number of hydrogen-bond donors (Lipinski definition) is 0. The summed E-state index contributed by atoms with van der Waals surface area (Å²) in [5.74, 6) is -0.0356. The Morgan fingerprint density at radius 2 is 1.29 bits per heavy atom. The molecule has 0 saturated carbocycles. The van der Waals surface area contributed by atoms with Gasteiger partial charge in [0.2, 0.25) is 0 Å². The van der Waals surface area contributed by atoms with E-state index in [9.17, 15) is 9.59 Å². The highest BCUT2D eigenvalue weighted by Crippen LogP contribution is 2.38. The maximum atomic E-state index is 13.8. The zero-order chi connectivity index (χ0) is 23.7. The molecule has 2 aliphatic rings. The van der Waals surface area contributed by atoms with Crippen LogP contribution in [0.25, 0.3) is 5.57 Å². The minimum atomic E-state index is -0.321. The molecule has 0 N–H and O–H groups in total. The molecule has 0 bridgehead atoms. The minimum Gasteiger partial charge on any atom is -0.496 e. The summed E-state index contributed by atoms with van der Waals surface area (Å²) in [6, 6.07) is 25.1. The Kier molecular flexibility index (Phi) is 5.80. The Hall–Kier alpha value is -4.06. The van der Waals surface area contributed by atoms with Crippen LogP contribution in [0.3, 0.4) is 0 Å². The average molecular weight is 454 g/mol. The zero-order valence-corrected chi connectivity index (χ0v) is 19.4. The van der Waals surface area contributed by atoms with Crippen LogP contribution in [0.2, 0.25) is 0 Å². The predicted molar refractivity (Wildman–Crippen MR) is 134 cm³/mol. The molecule has 2 heterocycles. The van der Waals surface area contributed by atoms with Gasteiger partial charge in [-0.05, 0) is 37.3 Å². The molecule has 3 aromatic carbocycles. The first-order valence-corrected chi connectivity index (χ1v) is 11.5. The van der Waals surface area contributed by atoms with E-state index >= 15 is 0 Å². The van der Waals surface area contributed by atoms with Crippen molar-refractivity contribution in [3.8, 4) is 5.75 Å². The Labute approximate surface area is 199 Å². The molecule has 0 spiro atoms.